The SMILES string of the molecule is Cc1cc(C(O)(C(F)(F)F)C(F)(F)F)cc(C)c1NCC(N)=O. The Balaban J connectivity index is 3.46. The van der Waals surface area contributed by atoms with E-state index in [0.29, 0.717) is 12.1 Å². The fourth-order valence-corrected chi connectivity index (χ4v) is 2.11. The van der Waals surface area contributed by atoms with Crippen LogP contribution in [0.5, 0.6) is 0 Å². The number of aliphatic hydroxyl groups is 1. The van der Waals surface area contributed by atoms with Gasteiger partial charge >= 0.3 is 12.4 Å². The number of carbonyl (C=O) groups excluding carboxylic acids is 1. The van der Waals surface area contributed by atoms with Crippen LogP contribution in [0.4, 0.5) is 32.0 Å². The lowest BCUT2D eigenvalue weighted by atomic mass is 9.89. The van der Waals surface area contributed by atoms with Gasteiger partial charge in [-0.25, -0.2) is 0 Å². The van der Waals surface area contributed by atoms with Crippen LogP contribution in [0.1, 0.15) is 16.7 Å². The first kappa shape index (κ1) is 19.1. The molecule has 0 radical (unpaired) electrons. The van der Waals surface area contributed by atoms with Crippen molar-refractivity contribution in [2.24, 2.45) is 5.73 Å². The van der Waals surface area contributed by atoms with Crippen LogP contribution in [0.15, 0.2) is 12.1 Å². The highest BCUT2D eigenvalue weighted by atomic mass is 19.4. The van der Waals surface area contributed by atoms with E-state index < -0.39 is 29.4 Å². The maximum atomic E-state index is 12.9. The van der Waals surface area contributed by atoms with Gasteiger partial charge in [0.2, 0.25) is 5.91 Å². The first-order valence-electron chi connectivity index (χ1n) is 6.21. The maximum absolute atomic E-state index is 12.9. The van der Waals surface area contributed by atoms with Gasteiger partial charge in [-0.3, -0.25) is 4.79 Å². The monoisotopic (exact) mass is 344 g/mol. The number of hydrogen-bond acceptors (Lipinski definition) is 3. The first-order valence-corrected chi connectivity index (χ1v) is 6.21. The van der Waals surface area contributed by atoms with Crippen LogP contribution in [-0.2, 0) is 10.4 Å². The predicted octanol–water partition coefficient (Wildman–Crippen LogP) is 2.51. The van der Waals surface area contributed by atoms with Gasteiger partial charge in [0.15, 0.2) is 0 Å². The smallest absolute Gasteiger partial charge is 0.376 e. The van der Waals surface area contributed by atoms with Gasteiger partial charge in [0.1, 0.15) is 0 Å². The van der Waals surface area contributed by atoms with Crippen LogP contribution in [-0.4, -0.2) is 29.9 Å². The minimum atomic E-state index is -5.95. The van der Waals surface area contributed by atoms with Gasteiger partial charge in [0.05, 0.1) is 6.54 Å². The molecule has 1 rings (SSSR count). The average molecular weight is 344 g/mol. The van der Waals surface area contributed by atoms with Gasteiger partial charge in [0.25, 0.3) is 5.60 Å². The van der Waals surface area contributed by atoms with Crippen molar-refractivity contribution in [1.82, 2.24) is 0 Å². The summed E-state index contributed by atoms with van der Waals surface area (Å²) in [7, 11) is 0. The third kappa shape index (κ3) is 3.52. The molecule has 23 heavy (non-hydrogen) atoms. The summed E-state index contributed by atoms with van der Waals surface area (Å²) in [5.41, 5.74) is -1.27. The number of halogens is 6. The summed E-state index contributed by atoms with van der Waals surface area (Å²) >= 11 is 0. The van der Waals surface area contributed by atoms with E-state index in [9.17, 15) is 36.2 Å². The lowest BCUT2D eigenvalue weighted by Crippen LogP contribution is -2.54. The summed E-state index contributed by atoms with van der Waals surface area (Å²) < 4.78 is 77.1. The highest BCUT2D eigenvalue weighted by molar-refractivity contribution is 5.79. The van der Waals surface area contributed by atoms with Gasteiger partial charge in [-0.1, -0.05) is 12.1 Å². The van der Waals surface area contributed by atoms with E-state index in [2.05, 4.69) is 5.32 Å². The van der Waals surface area contributed by atoms with Gasteiger partial charge < -0.3 is 16.2 Å². The van der Waals surface area contributed by atoms with Crippen molar-refractivity contribution in [3.8, 4) is 0 Å². The number of carbonyl (C=O) groups is 1. The molecule has 0 bridgehead atoms. The second-order valence-corrected chi connectivity index (χ2v) is 5.01. The molecule has 0 saturated carbocycles. The van der Waals surface area contributed by atoms with E-state index in [0.717, 1.165) is 0 Å². The van der Waals surface area contributed by atoms with Crippen LogP contribution < -0.4 is 11.1 Å². The van der Waals surface area contributed by atoms with Gasteiger partial charge in [-0.05, 0) is 25.0 Å². The standard InChI is InChI=1S/C13H14F6N2O2/c1-6-3-8(4-7(2)10(6)21-5-9(20)22)11(23,12(14,15)16)13(17,18)19/h3-4,21,23H,5H2,1-2H3,(H2,20,22). The van der Waals surface area contributed by atoms with E-state index in [-0.39, 0.29) is 23.4 Å². The molecule has 1 aromatic carbocycles. The van der Waals surface area contributed by atoms with E-state index in [1.807, 2.05) is 0 Å². The average Bonchev–Trinajstić information content (AvgIpc) is 2.33. The second kappa shape index (κ2) is 5.91. The number of nitrogens with one attached hydrogen (secondary N) is 1. The molecule has 1 aromatic rings. The molecule has 4 N–H and O–H groups in total. The van der Waals surface area contributed by atoms with Crippen molar-refractivity contribution in [1.29, 1.82) is 0 Å². The summed E-state index contributed by atoms with van der Waals surface area (Å²) in [5.74, 6) is -0.755. The summed E-state index contributed by atoms with van der Waals surface area (Å²) in [6.07, 6.45) is -11.9. The van der Waals surface area contributed by atoms with Gasteiger partial charge in [-0.15, -0.1) is 0 Å². The Morgan fingerprint density at radius 2 is 1.48 bits per heavy atom. The van der Waals surface area contributed by atoms with Gasteiger partial charge in [0, 0.05) is 11.3 Å². The number of hydrogen-bond donors (Lipinski definition) is 3. The van der Waals surface area contributed by atoms with Crippen LogP contribution >= 0.6 is 0 Å². The molecule has 0 aliphatic heterocycles. The van der Waals surface area contributed by atoms with Crippen molar-refractivity contribution in [2.75, 3.05) is 11.9 Å². The molecular weight excluding hydrogens is 330 g/mol. The molecule has 0 aliphatic rings. The zero-order valence-corrected chi connectivity index (χ0v) is 12.1. The Kier molecular flexibility index (Phi) is 4.90. The molecule has 0 heterocycles. The Hall–Kier alpha value is -1.97. The molecule has 1 amide bonds. The Morgan fingerprint density at radius 3 is 1.78 bits per heavy atom. The lowest BCUT2D eigenvalue weighted by molar-refractivity contribution is -0.376. The molecule has 10 heteroatoms. The van der Waals surface area contributed by atoms with Gasteiger partial charge in [-0.2, -0.15) is 26.3 Å². The number of anilines is 1. The molecule has 4 nitrogen and oxygen atoms in total. The van der Waals surface area contributed by atoms with Crippen LogP contribution in [0.3, 0.4) is 0 Å². The molecule has 130 valence electrons. The summed E-state index contributed by atoms with van der Waals surface area (Å²) in [6.45, 7) is 2.14. The van der Waals surface area contributed by atoms with Crippen LogP contribution in [0, 0.1) is 13.8 Å². The predicted molar refractivity (Wildman–Crippen MR) is 69.6 cm³/mol. The van der Waals surface area contributed by atoms with Crippen molar-refractivity contribution in [2.45, 2.75) is 31.8 Å². The molecule has 0 atom stereocenters. The number of aryl methyl sites for hydroxylation is 2. The normalized spacial score (nSPS) is 13.1. The molecular formula is C13H14F6N2O2. The highest BCUT2D eigenvalue weighted by Gasteiger charge is 2.71. The fraction of sp³-hybridized carbons (Fsp3) is 0.462. The number of amides is 1. The second-order valence-electron chi connectivity index (χ2n) is 5.01. The Morgan fingerprint density at radius 1 is 1.09 bits per heavy atom. The lowest BCUT2D eigenvalue weighted by Gasteiger charge is -2.33. The van der Waals surface area contributed by atoms with E-state index in [1.165, 1.54) is 13.8 Å². The molecule has 0 aromatic heterocycles. The van der Waals surface area contributed by atoms with Crippen molar-refractivity contribution in [3.63, 3.8) is 0 Å². The number of alkyl halides is 6. The largest absolute Gasteiger partial charge is 0.430 e. The Bertz CT molecular complexity index is 572. The van der Waals surface area contributed by atoms with E-state index in [1.54, 1.807) is 0 Å². The third-order valence-electron chi connectivity index (χ3n) is 3.21. The van der Waals surface area contributed by atoms with Crippen LogP contribution in [0.2, 0.25) is 0 Å². The molecule has 0 spiro atoms. The zero-order chi connectivity index (χ0) is 18.2. The molecule has 0 unspecified atom stereocenters. The van der Waals surface area contributed by atoms with Crippen molar-refractivity contribution in [3.05, 3.63) is 28.8 Å². The summed E-state index contributed by atoms with van der Waals surface area (Å²) in [6, 6.07) is 1.13. The van der Waals surface area contributed by atoms with Crippen molar-refractivity contribution < 1.29 is 36.2 Å². The molecule has 0 aliphatic carbocycles. The number of primary amides is 1. The minimum Gasteiger partial charge on any atom is -0.376 e. The minimum absolute atomic E-state index is 0.00632. The topological polar surface area (TPSA) is 75.3 Å². The summed E-state index contributed by atoms with van der Waals surface area (Å²) in [4.78, 5) is 10.7. The Labute approximate surface area is 127 Å². The number of nitrogens with two attached hydrogens (primary N) is 1. The third-order valence-corrected chi connectivity index (χ3v) is 3.21. The number of benzene rings is 1. The van der Waals surface area contributed by atoms with Crippen molar-refractivity contribution >= 4 is 11.6 Å². The molecule has 0 saturated heterocycles. The highest BCUT2D eigenvalue weighted by Crippen LogP contribution is 2.50. The van der Waals surface area contributed by atoms with E-state index in [4.69, 9.17) is 5.73 Å². The maximum Gasteiger partial charge on any atom is 0.430 e. The zero-order valence-electron chi connectivity index (χ0n) is 12.1. The number of rotatable bonds is 4. The van der Waals surface area contributed by atoms with E-state index >= 15 is 0 Å². The first-order chi connectivity index (χ1) is 10.2. The fourth-order valence-electron chi connectivity index (χ4n) is 2.11. The van der Waals surface area contributed by atoms with Crippen LogP contribution in [0.25, 0.3) is 0 Å². The summed E-state index contributed by atoms with van der Waals surface area (Å²) in [5, 5.41) is 11.9. The molecule has 0 fully saturated rings. The quantitative estimate of drug-likeness (QED) is 0.735.